The Bertz CT molecular complexity index is 1600. The number of nitrogens with zero attached hydrogens (tertiary/aromatic N) is 3. The van der Waals surface area contributed by atoms with E-state index in [9.17, 15) is 4.79 Å². The molecule has 7 heteroatoms. The van der Waals surface area contributed by atoms with Crippen molar-refractivity contribution in [1.82, 2.24) is 14.2 Å². The first-order valence-corrected chi connectivity index (χ1v) is 12.8. The standard InChI is InChI=1S/C29H24Cl2N4O/c1-18-10-12-20(13-11-18)27-33-35-26(28(36)32-21-14-15-23(30)24(31)17-21)25(19-7-3-2-4-8-19)22-9-5-6-16-34(27)29(22)35/h2-4,7-8,10-15,17H,5-6,9,16H2,1H3,(H,32,36). The van der Waals surface area contributed by atoms with Gasteiger partial charge >= 0.3 is 0 Å². The number of aromatic nitrogens is 3. The van der Waals surface area contributed by atoms with Crippen LogP contribution in [0.15, 0.2) is 72.8 Å². The molecule has 0 bridgehead atoms. The number of nitrogens with one attached hydrogen (secondary N) is 1. The highest BCUT2D eigenvalue weighted by Gasteiger charge is 2.30. The van der Waals surface area contributed by atoms with Gasteiger partial charge in [0, 0.05) is 28.9 Å². The summed E-state index contributed by atoms with van der Waals surface area (Å²) in [6.45, 7) is 2.93. The summed E-state index contributed by atoms with van der Waals surface area (Å²) in [5.41, 5.74) is 7.41. The van der Waals surface area contributed by atoms with E-state index in [2.05, 4.69) is 53.2 Å². The summed E-state index contributed by atoms with van der Waals surface area (Å²) in [7, 11) is 0. The van der Waals surface area contributed by atoms with Crippen LogP contribution in [0, 0.1) is 6.92 Å². The summed E-state index contributed by atoms with van der Waals surface area (Å²) in [4.78, 5) is 13.9. The van der Waals surface area contributed by atoms with Gasteiger partial charge in [-0.1, -0.05) is 83.4 Å². The molecule has 1 aliphatic rings. The number of carbonyl (C=O) groups excluding carboxylic acids is 1. The van der Waals surface area contributed by atoms with E-state index < -0.39 is 0 Å². The molecule has 1 amide bonds. The summed E-state index contributed by atoms with van der Waals surface area (Å²) in [6.07, 6.45) is 2.98. The molecule has 2 aromatic heterocycles. The molecule has 5 nitrogen and oxygen atoms in total. The largest absolute Gasteiger partial charge is 0.321 e. The lowest BCUT2D eigenvalue weighted by atomic mass is 9.98. The molecule has 6 rings (SSSR count). The van der Waals surface area contributed by atoms with Crippen molar-refractivity contribution in [1.29, 1.82) is 0 Å². The van der Waals surface area contributed by atoms with Crippen LogP contribution in [0.5, 0.6) is 0 Å². The van der Waals surface area contributed by atoms with Crippen molar-refractivity contribution < 1.29 is 4.79 Å². The number of hydrogen-bond donors (Lipinski definition) is 1. The third-order valence-electron chi connectivity index (χ3n) is 6.75. The molecule has 0 spiro atoms. The van der Waals surface area contributed by atoms with Crippen LogP contribution in [0.1, 0.15) is 34.5 Å². The molecule has 1 aliphatic heterocycles. The minimum atomic E-state index is -0.242. The van der Waals surface area contributed by atoms with Crippen LogP contribution in [0.3, 0.4) is 0 Å². The molecule has 180 valence electrons. The number of carbonyl (C=O) groups is 1. The predicted octanol–water partition coefficient (Wildman–Crippen LogP) is 7.67. The first-order valence-electron chi connectivity index (χ1n) is 12.0. The maximum Gasteiger partial charge on any atom is 0.275 e. The lowest BCUT2D eigenvalue weighted by Crippen LogP contribution is -2.16. The average molecular weight is 515 g/mol. The first-order chi connectivity index (χ1) is 17.5. The number of benzene rings is 3. The average Bonchev–Trinajstić information content (AvgIpc) is 3.30. The zero-order valence-corrected chi connectivity index (χ0v) is 21.3. The van der Waals surface area contributed by atoms with Crippen LogP contribution in [0.4, 0.5) is 5.69 Å². The molecule has 0 unspecified atom stereocenters. The second-order valence-corrected chi connectivity index (χ2v) is 10.00. The van der Waals surface area contributed by atoms with Gasteiger partial charge in [-0.05, 0) is 49.9 Å². The van der Waals surface area contributed by atoms with Crippen molar-refractivity contribution in [3.8, 4) is 22.5 Å². The molecule has 3 heterocycles. The van der Waals surface area contributed by atoms with Gasteiger partial charge in [-0.3, -0.25) is 4.79 Å². The number of rotatable bonds is 4. The third kappa shape index (κ3) is 3.89. The van der Waals surface area contributed by atoms with E-state index in [1.165, 1.54) is 5.56 Å². The van der Waals surface area contributed by atoms with E-state index in [0.717, 1.165) is 59.5 Å². The Labute approximate surface area is 219 Å². The van der Waals surface area contributed by atoms with E-state index >= 15 is 0 Å². The lowest BCUT2D eigenvalue weighted by molar-refractivity contribution is 0.102. The number of halogens is 2. The highest BCUT2D eigenvalue weighted by Crippen LogP contribution is 2.38. The van der Waals surface area contributed by atoms with Crippen molar-refractivity contribution in [2.24, 2.45) is 0 Å². The van der Waals surface area contributed by atoms with Crippen LogP contribution in [-0.4, -0.2) is 20.1 Å². The van der Waals surface area contributed by atoms with Crippen molar-refractivity contribution in [3.63, 3.8) is 0 Å². The van der Waals surface area contributed by atoms with Gasteiger partial charge in [0.25, 0.3) is 5.91 Å². The molecule has 0 atom stereocenters. The van der Waals surface area contributed by atoms with E-state index in [-0.39, 0.29) is 5.91 Å². The van der Waals surface area contributed by atoms with Crippen molar-refractivity contribution in [3.05, 3.63) is 99.7 Å². The number of amides is 1. The number of hydrogen-bond acceptors (Lipinski definition) is 2. The Morgan fingerprint density at radius 3 is 2.44 bits per heavy atom. The molecule has 0 fully saturated rings. The summed E-state index contributed by atoms with van der Waals surface area (Å²) in [5.74, 6) is 0.630. The minimum absolute atomic E-state index is 0.242. The zero-order chi connectivity index (χ0) is 24.8. The molecule has 0 aliphatic carbocycles. The third-order valence-corrected chi connectivity index (χ3v) is 7.49. The maximum absolute atomic E-state index is 13.9. The fourth-order valence-corrected chi connectivity index (χ4v) is 5.34. The smallest absolute Gasteiger partial charge is 0.275 e. The fraction of sp³-hybridized carbons (Fsp3) is 0.172. The van der Waals surface area contributed by atoms with Crippen LogP contribution in [0.25, 0.3) is 28.2 Å². The van der Waals surface area contributed by atoms with Gasteiger partial charge in [-0.25, -0.2) is 4.52 Å². The summed E-state index contributed by atoms with van der Waals surface area (Å²) in [6, 6.07) is 23.6. The highest BCUT2D eigenvalue weighted by atomic mass is 35.5. The molecule has 36 heavy (non-hydrogen) atoms. The molecule has 1 N–H and O–H groups in total. The zero-order valence-electron chi connectivity index (χ0n) is 19.8. The Hall–Kier alpha value is -3.54. The molecule has 0 saturated carbocycles. The van der Waals surface area contributed by atoms with Gasteiger partial charge in [0.15, 0.2) is 5.82 Å². The van der Waals surface area contributed by atoms with Gasteiger partial charge in [0.2, 0.25) is 0 Å². The second kappa shape index (κ2) is 9.16. The van der Waals surface area contributed by atoms with E-state index in [0.29, 0.717) is 21.4 Å². The van der Waals surface area contributed by atoms with Crippen molar-refractivity contribution in [2.45, 2.75) is 32.7 Å². The Morgan fingerprint density at radius 1 is 0.917 bits per heavy atom. The van der Waals surface area contributed by atoms with Gasteiger partial charge in [-0.2, -0.15) is 0 Å². The lowest BCUT2D eigenvalue weighted by Gasteiger charge is -2.10. The SMILES string of the molecule is Cc1ccc(-c2nn3c(C(=O)Nc4ccc(Cl)c(Cl)c4)c(-c4ccccc4)c4c3n2CCCC4)cc1. The van der Waals surface area contributed by atoms with Crippen LogP contribution < -0.4 is 5.32 Å². The normalized spacial score (nSPS) is 13.1. The molecular weight excluding hydrogens is 491 g/mol. The predicted molar refractivity (Wildman–Crippen MR) is 146 cm³/mol. The topological polar surface area (TPSA) is 51.3 Å². The molecule has 0 radical (unpaired) electrons. The minimum Gasteiger partial charge on any atom is -0.321 e. The van der Waals surface area contributed by atoms with Crippen LogP contribution in [0.2, 0.25) is 10.0 Å². The molecule has 3 aromatic carbocycles. The number of aryl methyl sites for hydroxylation is 3. The van der Waals surface area contributed by atoms with E-state index in [1.54, 1.807) is 18.2 Å². The van der Waals surface area contributed by atoms with Gasteiger partial charge < -0.3 is 9.88 Å². The summed E-state index contributed by atoms with van der Waals surface area (Å²) < 4.78 is 4.11. The molecule has 5 aromatic rings. The second-order valence-electron chi connectivity index (χ2n) is 9.18. The summed E-state index contributed by atoms with van der Waals surface area (Å²) in [5, 5.41) is 8.89. The Balaban J connectivity index is 1.59. The Kier molecular flexibility index (Phi) is 5.82. The molecular formula is C29H24Cl2N4O. The van der Waals surface area contributed by atoms with E-state index in [4.69, 9.17) is 28.3 Å². The van der Waals surface area contributed by atoms with E-state index in [1.807, 2.05) is 22.7 Å². The monoisotopic (exact) mass is 514 g/mol. The first kappa shape index (κ1) is 22.9. The van der Waals surface area contributed by atoms with Crippen LogP contribution >= 0.6 is 23.2 Å². The summed E-state index contributed by atoms with van der Waals surface area (Å²) >= 11 is 12.3. The van der Waals surface area contributed by atoms with Gasteiger partial charge in [-0.15, -0.1) is 5.10 Å². The van der Waals surface area contributed by atoms with Gasteiger partial charge in [0.1, 0.15) is 11.3 Å². The fourth-order valence-electron chi connectivity index (χ4n) is 5.04. The van der Waals surface area contributed by atoms with Crippen LogP contribution in [-0.2, 0) is 13.0 Å². The van der Waals surface area contributed by atoms with Crippen molar-refractivity contribution >= 4 is 40.4 Å². The molecule has 0 saturated heterocycles. The van der Waals surface area contributed by atoms with Crippen molar-refractivity contribution in [2.75, 3.05) is 5.32 Å². The highest BCUT2D eigenvalue weighted by molar-refractivity contribution is 6.42. The Morgan fingerprint density at radius 2 is 1.69 bits per heavy atom. The number of anilines is 1. The maximum atomic E-state index is 13.9. The van der Waals surface area contributed by atoms with Gasteiger partial charge in [0.05, 0.1) is 10.0 Å². The quantitative estimate of drug-likeness (QED) is 0.267.